The van der Waals surface area contributed by atoms with E-state index in [9.17, 15) is 14.2 Å². The Hall–Kier alpha value is -0.690. The molecule has 0 aromatic carbocycles. The van der Waals surface area contributed by atoms with Crippen LogP contribution in [0.3, 0.4) is 0 Å². The predicted molar refractivity (Wildman–Crippen MR) is 65.0 cm³/mol. The topological polar surface area (TPSA) is 130 Å². The zero-order valence-electron chi connectivity index (χ0n) is 9.33. The second-order valence-corrected chi connectivity index (χ2v) is 5.53. The molecule has 17 heavy (non-hydrogen) atoms. The number of amides is 1. The van der Waals surface area contributed by atoms with Gasteiger partial charge in [0.2, 0.25) is 5.91 Å². The molecule has 0 rings (SSSR count). The summed E-state index contributed by atoms with van der Waals surface area (Å²) in [7, 11) is -2.79. The van der Waals surface area contributed by atoms with Crippen molar-refractivity contribution in [3.05, 3.63) is 0 Å². The van der Waals surface area contributed by atoms with Gasteiger partial charge < -0.3 is 16.2 Å². The zero-order valence-corrected chi connectivity index (χ0v) is 11.0. The van der Waals surface area contributed by atoms with E-state index in [0.29, 0.717) is 12.2 Å². The fourth-order valence-electron chi connectivity index (χ4n) is 0.997. The number of hydrogen-bond donors (Lipinski definition) is 4. The molecular formula is C8H16N2O5PS+. The van der Waals surface area contributed by atoms with Crippen LogP contribution in [0.4, 0.5) is 0 Å². The molecule has 0 saturated carbocycles. The molecule has 0 radical (unpaired) electrons. The minimum absolute atomic E-state index is 0.426. The first-order chi connectivity index (χ1) is 7.88. The van der Waals surface area contributed by atoms with Crippen LogP contribution in [0, 0.1) is 0 Å². The van der Waals surface area contributed by atoms with E-state index in [1.54, 1.807) is 0 Å². The van der Waals surface area contributed by atoms with Gasteiger partial charge in [-0.1, -0.05) is 0 Å². The summed E-state index contributed by atoms with van der Waals surface area (Å²) >= 11 is 1.52. The van der Waals surface area contributed by atoms with Gasteiger partial charge in [-0.25, -0.2) is 0 Å². The first-order valence-corrected chi connectivity index (χ1v) is 7.48. The van der Waals surface area contributed by atoms with Crippen LogP contribution in [0.15, 0.2) is 0 Å². The SMILES string of the molecule is CSCC[C@H](N)C(=O)NC(CC(=O)O)[P+](=O)O. The number of carbonyl (C=O) groups is 2. The molecule has 0 aliphatic carbocycles. The Kier molecular flexibility index (Phi) is 8.07. The van der Waals surface area contributed by atoms with E-state index in [2.05, 4.69) is 5.32 Å². The first kappa shape index (κ1) is 16.3. The fraction of sp³-hybridized carbons (Fsp3) is 0.750. The maximum absolute atomic E-state index is 11.5. The van der Waals surface area contributed by atoms with Gasteiger partial charge in [0.25, 0.3) is 5.78 Å². The molecule has 1 amide bonds. The number of carboxylic acid groups (broad SMARTS) is 1. The summed E-state index contributed by atoms with van der Waals surface area (Å²) in [5.74, 6) is -2.48. The Morgan fingerprint density at radius 1 is 1.53 bits per heavy atom. The number of rotatable bonds is 8. The maximum atomic E-state index is 11.5. The molecule has 5 N–H and O–H groups in total. The lowest BCUT2D eigenvalue weighted by molar-refractivity contribution is -0.137. The monoisotopic (exact) mass is 283 g/mol. The highest BCUT2D eigenvalue weighted by atomic mass is 32.2. The Bertz CT molecular complexity index is 302. The Labute approximate surface area is 104 Å². The van der Waals surface area contributed by atoms with Crippen LogP contribution in [0.2, 0.25) is 0 Å². The first-order valence-electron chi connectivity index (χ1n) is 4.80. The largest absolute Gasteiger partial charge is 0.531 e. The lowest BCUT2D eigenvalue weighted by atomic mass is 10.2. The number of nitrogens with one attached hydrogen (secondary N) is 1. The summed E-state index contributed by atoms with van der Waals surface area (Å²) in [4.78, 5) is 30.7. The van der Waals surface area contributed by atoms with Gasteiger partial charge in [-0.15, -0.1) is 0 Å². The number of thioether (sulfide) groups is 1. The van der Waals surface area contributed by atoms with Crippen molar-refractivity contribution in [3.63, 3.8) is 0 Å². The molecule has 7 nitrogen and oxygen atoms in total. The van der Waals surface area contributed by atoms with E-state index in [4.69, 9.17) is 15.7 Å². The molecule has 9 heteroatoms. The number of carbonyl (C=O) groups excluding carboxylic acids is 1. The second-order valence-electron chi connectivity index (χ2n) is 3.31. The van der Waals surface area contributed by atoms with Gasteiger partial charge in [-0.3, -0.25) is 9.59 Å². The third-order valence-corrected chi connectivity index (χ3v) is 3.40. The van der Waals surface area contributed by atoms with Gasteiger partial charge in [0, 0.05) is 0 Å². The number of hydrogen-bond acceptors (Lipinski definition) is 5. The third-order valence-electron chi connectivity index (χ3n) is 1.91. The van der Waals surface area contributed by atoms with Crippen LogP contribution in [0.5, 0.6) is 0 Å². The Balaban J connectivity index is 4.29. The molecule has 2 unspecified atom stereocenters. The molecule has 0 aromatic rings. The molecule has 3 atom stereocenters. The van der Waals surface area contributed by atoms with E-state index in [1.165, 1.54) is 11.8 Å². The van der Waals surface area contributed by atoms with E-state index in [-0.39, 0.29) is 0 Å². The summed E-state index contributed by atoms with van der Waals surface area (Å²) in [6.45, 7) is 0. The molecule has 0 aliphatic heterocycles. The van der Waals surface area contributed by atoms with Gasteiger partial charge in [0.15, 0.2) is 0 Å². The van der Waals surface area contributed by atoms with E-state index in [0.717, 1.165) is 0 Å². The molecule has 0 aliphatic rings. The standard InChI is InChI=1S/C8H15N2O5PS/c1-17-3-2-5(9)8(13)10-6(16(14)15)4-7(11)12/h5-6H,2-4,9H2,1H3,(H2-,10,11,12,13,14,15)/p+1/t5-,6?/m0/s1. The number of aliphatic carboxylic acids is 1. The van der Waals surface area contributed by atoms with E-state index in [1.807, 2.05) is 6.26 Å². The van der Waals surface area contributed by atoms with Crippen LogP contribution in [0.25, 0.3) is 0 Å². The second kappa shape index (κ2) is 8.41. The highest BCUT2D eigenvalue weighted by Crippen LogP contribution is 2.22. The summed E-state index contributed by atoms with van der Waals surface area (Å²) in [6, 6.07) is -0.798. The van der Waals surface area contributed by atoms with Gasteiger partial charge in [0.1, 0.15) is 6.42 Å². The average Bonchev–Trinajstić information content (AvgIpc) is 2.23. The number of carboxylic acids is 1. The molecular weight excluding hydrogens is 267 g/mol. The molecule has 0 saturated heterocycles. The van der Waals surface area contributed by atoms with Crippen molar-refractivity contribution in [2.45, 2.75) is 24.7 Å². The minimum Gasteiger partial charge on any atom is -0.481 e. The summed E-state index contributed by atoms with van der Waals surface area (Å²) < 4.78 is 10.8. The van der Waals surface area contributed by atoms with E-state index < -0.39 is 38.2 Å². The van der Waals surface area contributed by atoms with Gasteiger partial charge in [-0.05, 0) is 23.0 Å². The van der Waals surface area contributed by atoms with Crippen molar-refractivity contribution in [3.8, 4) is 0 Å². The average molecular weight is 283 g/mol. The maximum Gasteiger partial charge on any atom is 0.531 e. The van der Waals surface area contributed by atoms with Crippen LogP contribution in [-0.2, 0) is 14.2 Å². The van der Waals surface area contributed by atoms with Crippen LogP contribution < -0.4 is 11.1 Å². The lowest BCUT2D eigenvalue weighted by Gasteiger charge is -2.11. The Morgan fingerprint density at radius 3 is 2.53 bits per heavy atom. The summed E-state index contributed by atoms with van der Waals surface area (Å²) in [5.41, 5.74) is 5.53. The summed E-state index contributed by atoms with van der Waals surface area (Å²) in [5, 5.41) is 10.7. The molecule has 0 aromatic heterocycles. The normalized spacial score (nSPS) is 14.9. The minimum atomic E-state index is -2.79. The molecule has 0 heterocycles. The predicted octanol–water partition coefficient (Wildman–Crippen LogP) is -0.282. The van der Waals surface area contributed by atoms with E-state index >= 15 is 0 Å². The molecule has 98 valence electrons. The van der Waals surface area contributed by atoms with Crippen LogP contribution >= 0.6 is 19.8 Å². The van der Waals surface area contributed by atoms with Crippen molar-refractivity contribution in [1.82, 2.24) is 5.32 Å². The Morgan fingerprint density at radius 2 is 2.12 bits per heavy atom. The highest BCUT2D eigenvalue weighted by molar-refractivity contribution is 7.98. The summed E-state index contributed by atoms with van der Waals surface area (Å²) in [6.07, 6.45) is 1.68. The zero-order chi connectivity index (χ0) is 13.4. The van der Waals surface area contributed by atoms with Gasteiger partial charge in [-0.2, -0.15) is 16.7 Å². The number of nitrogens with two attached hydrogens (primary N) is 1. The van der Waals surface area contributed by atoms with Gasteiger partial charge in [0.05, 0.1) is 6.04 Å². The van der Waals surface area contributed by atoms with Crippen molar-refractivity contribution in [1.29, 1.82) is 0 Å². The van der Waals surface area contributed by atoms with Crippen molar-refractivity contribution in [2.75, 3.05) is 12.0 Å². The highest BCUT2D eigenvalue weighted by Gasteiger charge is 2.34. The van der Waals surface area contributed by atoms with Crippen molar-refractivity contribution in [2.24, 2.45) is 5.73 Å². The smallest absolute Gasteiger partial charge is 0.481 e. The van der Waals surface area contributed by atoms with Crippen molar-refractivity contribution >= 4 is 31.7 Å². The van der Waals surface area contributed by atoms with Crippen LogP contribution in [0.1, 0.15) is 12.8 Å². The molecule has 0 fully saturated rings. The molecule has 0 bridgehead atoms. The van der Waals surface area contributed by atoms with Gasteiger partial charge >= 0.3 is 14.0 Å². The molecule has 0 spiro atoms. The van der Waals surface area contributed by atoms with Crippen molar-refractivity contribution < 1.29 is 24.2 Å². The quantitative estimate of drug-likeness (QED) is 0.451. The lowest BCUT2D eigenvalue weighted by Crippen LogP contribution is -2.45. The van der Waals surface area contributed by atoms with Crippen LogP contribution in [-0.4, -0.2) is 45.7 Å². The fourth-order valence-corrected chi connectivity index (χ4v) is 2.04. The third kappa shape index (κ3) is 7.27.